The summed E-state index contributed by atoms with van der Waals surface area (Å²) in [6.45, 7) is 1.17. The molecule has 3 nitrogen and oxygen atoms in total. The first-order chi connectivity index (χ1) is 8.59. The molecule has 1 aromatic rings. The Morgan fingerprint density at radius 2 is 2.11 bits per heavy atom. The molecule has 0 aliphatic carbocycles. The normalized spacial score (nSPS) is 18.6. The second kappa shape index (κ2) is 5.34. The molecule has 1 aliphatic rings. The molecule has 0 saturated carbocycles. The number of halogens is 2. The van der Waals surface area contributed by atoms with Gasteiger partial charge in [-0.1, -0.05) is 11.6 Å². The highest BCUT2D eigenvalue weighted by Gasteiger charge is 2.40. The molecular formula is C13H15ClFNO2. The standard InChI is InChI=1S/C13H15ClFNO2/c14-9-1-2-10(11(15)7-9)12(17)13(8-16)3-5-18-6-4-13/h1-2,7H,3-6,8,16H2. The van der Waals surface area contributed by atoms with Gasteiger partial charge >= 0.3 is 0 Å². The van der Waals surface area contributed by atoms with Crippen LogP contribution in [0.25, 0.3) is 0 Å². The number of benzene rings is 1. The highest BCUT2D eigenvalue weighted by atomic mass is 35.5. The lowest BCUT2D eigenvalue weighted by Crippen LogP contribution is -2.43. The van der Waals surface area contributed by atoms with Crippen molar-refractivity contribution in [1.82, 2.24) is 0 Å². The average molecular weight is 272 g/mol. The zero-order chi connectivity index (χ0) is 13.2. The zero-order valence-corrected chi connectivity index (χ0v) is 10.7. The molecule has 0 aromatic heterocycles. The first-order valence-electron chi connectivity index (χ1n) is 5.87. The largest absolute Gasteiger partial charge is 0.381 e. The topological polar surface area (TPSA) is 52.3 Å². The van der Waals surface area contributed by atoms with Gasteiger partial charge in [-0.15, -0.1) is 0 Å². The van der Waals surface area contributed by atoms with Crippen LogP contribution in [0.2, 0.25) is 5.02 Å². The summed E-state index contributed by atoms with van der Waals surface area (Å²) in [4.78, 5) is 12.5. The molecule has 0 radical (unpaired) electrons. The van der Waals surface area contributed by atoms with Crippen LogP contribution in [0.1, 0.15) is 23.2 Å². The van der Waals surface area contributed by atoms with Crippen LogP contribution in [0.4, 0.5) is 4.39 Å². The third kappa shape index (κ3) is 2.41. The number of ketones is 1. The smallest absolute Gasteiger partial charge is 0.173 e. The monoisotopic (exact) mass is 271 g/mol. The molecule has 98 valence electrons. The van der Waals surface area contributed by atoms with Gasteiger partial charge in [-0.25, -0.2) is 4.39 Å². The number of nitrogens with two attached hydrogens (primary N) is 1. The van der Waals surface area contributed by atoms with E-state index in [-0.39, 0.29) is 22.9 Å². The molecule has 0 atom stereocenters. The Balaban J connectivity index is 2.33. The van der Waals surface area contributed by atoms with Crippen LogP contribution in [0.5, 0.6) is 0 Å². The van der Waals surface area contributed by atoms with E-state index in [1.165, 1.54) is 12.1 Å². The molecule has 18 heavy (non-hydrogen) atoms. The van der Waals surface area contributed by atoms with Crippen LogP contribution in [-0.4, -0.2) is 25.5 Å². The molecular weight excluding hydrogens is 257 g/mol. The summed E-state index contributed by atoms with van der Waals surface area (Å²) in [7, 11) is 0. The van der Waals surface area contributed by atoms with Crippen LogP contribution in [-0.2, 0) is 4.74 Å². The Hall–Kier alpha value is -0.970. The van der Waals surface area contributed by atoms with Gasteiger partial charge in [0.05, 0.1) is 11.0 Å². The van der Waals surface area contributed by atoms with Gasteiger partial charge in [-0.2, -0.15) is 0 Å². The van der Waals surface area contributed by atoms with Crippen molar-refractivity contribution >= 4 is 17.4 Å². The summed E-state index contributed by atoms with van der Waals surface area (Å²) in [5.74, 6) is -0.839. The number of carbonyl (C=O) groups is 1. The van der Waals surface area contributed by atoms with E-state index in [2.05, 4.69) is 0 Å². The first kappa shape index (κ1) is 13.5. The number of Topliss-reactive ketones (excluding diaryl/α,β-unsaturated/α-hetero) is 1. The average Bonchev–Trinajstić information content (AvgIpc) is 2.39. The highest BCUT2D eigenvalue weighted by molar-refractivity contribution is 6.30. The van der Waals surface area contributed by atoms with Crippen molar-refractivity contribution in [3.8, 4) is 0 Å². The van der Waals surface area contributed by atoms with Crippen molar-refractivity contribution in [3.63, 3.8) is 0 Å². The maximum Gasteiger partial charge on any atom is 0.173 e. The Kier molecular flexibility index (Phi) is 4.00. The fourth-order valence-electron chi connectivity index (χ4n) is 2.25. The first-order valence-corrected chi connectivity index (χ1v) is 6.24. The van der Waals surface area contributed by atoms with Gasteiger partial charge in [0.1, 0.15) is 5.82 Å². The fraction of sp³-hybridized carbons (Fsp3) is 0.462. The van der Waals surface area contributed by atoms with Crippen LogP contribution < -0.4 is 5.73 Å². The lowest BCUT2D eigenvalue weighted by molar-refractivity contribution is 0.0198. The molecule has 1 saturated heterocycles. The maximum atomic E-state index is 13.8. The van der Waals surface area contributed by atoms with Crippen molar-refractivity contribution in [1.29, 1.82) is 0 Å². The molecule has 1 heterocycles. The third-order valence-corrected chi connectivity index (χ3v) is 3.73. The summed E-state index contributed by atoms with van der Waals surface area (Å²) < 4.78 is 19.0. The molecule has 1 fully saturated rings. The Labute approximate surface area is 110 Å². The van der Waals surface area contributed by atoms with Crippen molar-refractivity contribution in [2.45, 2.75) is 12.8 Å². The molecule has 0 unspecified atom stereocenters. The predicted octanol–water partition coefficient (Wildman–Crippen LogP) is 2.42. The fourth-order valence-corrected chi connectivity index (χ4v) is 2.40. The summed E-state index contributed by atoms with van der Waals surface area (Å²) in [6.07, 6.45) is 1.06. The van der Waals surface area contributed by atoms with Gasteiger partial charge in [0, 0.05) is 24.8 Å². The van der Waals surface area contributed by atoms with E-state index in [0.717, 1.165) is 6.07 Å². The SMILES string of the molecule is NCC1(C(=O)c2ccc(Cl)cc2F)CCOCC1. The Morgan fingerprint density at radius 3 is 2.67 bits per heavy atom. The Bertz CT molecular complexity index is 458. The van der Waals surface area contributed by atoms with Crippen LogP contribution in [0.15, 0.2) is 18.2 Å². The molecule has 2 N–H and O–H groups in total. The van der Waals surface area contributed by atoms with Gasteiger partial charge in [0.25, 0.3) is 0 Å². The summed E-state index contributed by atoms with van der Waals surface area (Å²) >= 11 is 5.68. The Morgan fingerprint density at radius 1 is 1.44 bits per heavy atom. The van der Waals surface area contributed by atoms with E-state index < -0.39 is 11.2 Å². The molecule has 0 amide bonds. The molecule has 2 rings (SSSR count). The van der Waals surface area contributed by atoms with Gasteiger partial charge in [-0.3, -0.25) is 4.79 Å². The number of rotatable bonds is 3. The van der Waals surface area contributed by atoms with Gasteiger partial charge in [0.15, 0.2) is 5.78 Å². The highest BCUT2D eigenvalue weighted by Crippen LogP contribution is 2.34. The summed E-state index contributed by atoms with van der Waals surface area (Å²) in [5, 5.41) is 0.276. The lowest BCUT2D eigenvalue weighted by Gasteiger charge is -2.34. The quantitative estimate of drug-likeness (QED) is 0.859. The van der Waals surface area contributed by atoms with Gasteiger partial charge in [-0.05, 0) is 31.0 Å². The van der Waals surface area contributed by atoms with Crippen LogP contribution in [0, 0.1) is 11.2 Å². The van der Waals surface area contributed by atoms with Crippen molar-refractivity contribution in [3.05, 3.63) is 34.6 Å². The second-order valence-corrected chi connectivity index (χ2v) is 4.99. The lowest BCUT2D eigenvalue weighted by atomic mass is 9.74. The van der Waals surface area contributed by atoms with Crippen LogP contribution in [0.3, 0.4) is 0 Å². The third-order valence-electron chi connectivity index (χ3n) is 3.50. The summed E-state index contributed by atoms with van der Waals surface area (Å²) in [5.41, 5.74) is 5.09. The minimum absolute atomic E-state index is 0.0618. The van der Waals surface area contributed by atoms with Gasteiger partial charge < -0.3 is 10.5 Å². The molecule has 0 bridgehead atoms. The second-order valence-electron chi connectivity index (χ2n) is 4.55. The molecule has 1 aromatic carbocycles. The van der Waals surface area contributed by atoms with E-state index in [1.54, 1.807) is 0 Å². The predicted molar refractivity (Wildman–Crippen MR) is 67.3 cm³/mol. The maximum absolute atomic E-state index is 13.8. The van der Waals surface area contributed by atoms with Gasteiger partial charge in [0.2, 0.25) is 0 Å². The number of carbonyl (C=O) groups excluding carboxylic acids is 1. The van der Waals surface area contributed by atoms with E-state index in [1.807, 2.05) is 0 Å². The van der Waals surface area contributed by atoms with E-state index >= 15 is 0 Å². The van der Waals surface area contributed by atoms with E-state index in [9.17, 15) is 9.18 Å². The minimum Gasteiger partial charge on any atom is -0.381 e. The number of hydrogen-bond acceptors (Lipinski definition) is 3. The summed E-state index contributed by atoms with van der Waals surface area (Å²) in [6, 6.07) is 4.09. The molecule has 0 spiro atoms. The zero-order valence-electron chi connectivity index (χ0n) is 9.92. The van der Waals surface area contributed by atoms with Crippen LogP contribution >= 0.6 is 11.6 Å². The van der Waals surface area contributed by atoms with Crippen molar-refractivity contribution < 1.29 is 13.9 Å². The van der Waals surface area contributed by atoms with E-state index in [4.69, 9.17) is 22.1 Å². The number of ether oxygens (including phenoxy) is 1. The molecule has 5 heteroatoms. The van der Waals surface area contributed by atoms with E-state index in [0.29, 0.717) is 26.1 Å². The minimum atomic E-state index is -0.701. The number of hydrogen-bond donors (Lipinski definition) is 1. The molecule has 1 aliphatic heterocycles. The van der Waals surface area contributed by atoms with Crippen molar-refractivity contribution in [2.24, 2.45) is 11.1 Å². The van der Waals surface area contributed by atoms with Crippen molar-refractivity contribution in [2.75, 3.05) is 19.8 Å².